The van der Waals surface area contributed by atoms with E-state index in [1.165, 1.54) is 0 Å². The molecule has 0 aromatic heterocycles. The van der Waals surface area contributed by atoms with Crippen LogP contribution in [0.5, 0.6) is 0 Å². The summed E-state index contributed by atoms with van der Waals surface area (Å²) in [4.78, 5) is 2.14. The van der Waals surface area contributed by atoms with Gasteiger partial charge >= 0.3 is 0 Å². The summed E-state index contributed by atoms with van der Waals surface area (Å²) < 4.78 is 5.60. The molecule has 0 radical (unpaired) electrons. The van der Waals surface area contributed by atoms with Gasteiger partial charge in [0.25, 0.3) is 0 Å². The molecular formula is C15H24N2O3. The van der Waals surface area contributed by atoms with Crippen molar-refractivity contribution in [2.24, 2.45) is 5.73 Å². The Kier molecular flexibility index (Phi) is 5.51. The minimum absolute atomic E-state index is 0.0160. The van der Waals surface area contributed by atoms with E-state index in [0.717, 1.165) is 17.7 Å². The molecule has 3 unspecified atom stereocenters. The smallest absolute Gasteiger partial charge is 0.0936 e. The fraction of sp³-hybridized carbons (Fsp3) is 0.600. The summed E-state index contributed by atoms with van der Waals surface area (Å²) in [5.41, 5.74) is 7.51. The molecule has 0 bridgehead atoms. The van der Waals surface area contributed by atoms with Crippen LogP contribution in [0.2, 0.25) is 0 Å². The average Bonchev–Trinajstić information content (AvgIpc) is 2.46. The van der Waals surface area contributed by atoms with Crippen LogP contribution in [-0.4, -0.2) is 53.6 Å². The number of aliphatic hydroxyl groups is 2. The number of ether oxygens (including phenoxy) is 1. The number of nitrogens with zero attached hydrogens (tertiary/aromatic N) is 1. The van der Waals surface area contributed by atoms with E-state index < -0.39 is 6.10 Å². The lowest BCUT2D eigenvalue weighted by Crippen LogP contribution is -2.49. The fourth-order valence-corrected chi connectivity index (χ4v) is 2.62. The molecule has 20 heavy (non-hydrogen) atoms. The summed E-state index contributed by atoms with van der Waals surface area (Å²) in [5, 5.41) is 19.5. The number of hydrogen-bond acceptors (Lipinski definition) is 5. The molecule has 4 N–H and O–H groups in total. The zero-order valence-electron chi connectivity index (χ0n) is 11.9. The Balaban J connectivity index is 1.94. The van der Waals surface area contributed by atoms with Gasteiger partial charge in [-0.25, -0.2) is 0 Å². The third-order valence-corrected chi connectivity index (χ3v) is 3.64. The Morgan fingerprint density at radius 1 is 1.35 bits per heavy atom. The van der Waals surface area contributed by atoms with E-state index in [9.17, 15) is 10.2 Å². The number of nitrogens with two attached hydrogens (primary N) is 1. The number of morpholine rings is 1. The third-order valence-electron chi connectivity index (χ3n) is 3.64. The minimum atomic E-state index is -0.536. The molecule has 1 aliphatic rings. The summed E-state index contributed by atoms with van der Waals surface area (Å²) in [6.07, 6.45) is -0.621. The van der Waals surface area contributed by atoms with Gasteiger partial charge in [-0.2, -0.15) is 0 Å². The van der Waals surface area contributed by atoms with Gasteiger partial charge in [-0.3, -0.25) is 4.90 Å². The Bertz CT molecular complexity index is 410. The van der Waals surface area contributed by atoms with Crippen molar-refractivity contribution in [1.82, 2.24) is 4.90 Å². The van der Waals surface area contributed by atoms with Gasteiger partial charge in [0, 0.05) is 26.2 Å². The quantitative estimate of drug-likeness (QED) is 0.721. The second-order valence-electron chi connectivity index (χ2n) is 5.43. The van der Waals surface area contributed by atoms with Gasteiger partial charge in [-0.15, -0.1) is 0 Å². The van der Waals surface area contributed by atoms with Crippen LogP contribution in [-0.2, 0) is 11.3 Å². The summed E-state index contributed by atoms with van der Waals surface area (Å²) in [6, 6.07) is 7.72. The molecule has 5 heteroatoms. The van der Waals surface area contributed by atoms with Crippen LogP contribution < -0.4 is 5.73 Å². The van der Waals surface area contributed by atoms with Crippen molar-refractivity contribution in [3.8, 4) is 0 Å². The van der Waals surface area contributed by atoms with Gasteiger partial charge in [0.1, 0.15) is 0 Å². The van der Waals surface area contributed by atoms with Gasteiger partial charge in [0.2, 0.25) is 0 Å². The van der Waals surface area contributed by atoms with E-state index in [0.29, 0.717) is 19.6 Å². The van der Waals surface area contributed by atoms with Gasteiger partial charge in [0.05, 0.1) is 24.9 Å². The molecule has 1 aromatic rings. The highest BCUT2D eigenvalue weighted by molar-refractivity contribution is 5.24. The van der Waals surface area contributed by atoms with Crippen molar-refractivity contribution in [3.63, 3.8) is 0 Å². The normalized spacial score (nSPS) is 25.6. The number of β-amino-alcohol motifs (C(OH)–C–C–N with tert-alkyl or cyclic N) is 1. The highest BCUT2D eigenvalue weighted by Gasteiger charge is 2.26. The second-order valence-corrected chi connectivity index (χ2v) is 5.43. The van der Waals surface area contributed by atoms with E-state index in [4.69, 9.17) is 10.5 Å². The average molecular weight is 280 g/mol. The Morgan fingerprint density at radius 3 is 2.65 bits per heavy atom. The highest BCUT2D eigenvalue weighted by atomic mass is 16.5. The first-order chi connectivity index (χ1) is 9.62. The predicted molar refractivity (Wildman–Crippen MR) is 77.2 cm³/mol. The lowest BCUT2D eigenvalue weighted by molar-refractivity contribution is -0.102. The summed E-state index contributed by atoms with van der Waals surface area (Å²) in [7, 11) is 0. The number of benzene rings is 1. The topological polar surface area (TPSA) is 79.0 Å². The molecule has 0 spiro atoms. The molecule has 1 aromatic carbocycles. The molecule has 2 rings (SSSR count). The first kappa shape index (κ1) is 15.4. The number of hydrogen-bond donors (Lipinski definition) is 3. The Labute approximate surface area is 120 Å². The molecule has 1 aliphatic heterocycles. The molecular weight excluding hydrogens is 256 g/mol. The van der Waals surface area contributed by atoms with Crippen molar-refractivity contribution in [1.29, 1.82) is 0 Å². The Morgan fingerprint density at radius 2 is 2.05 bits per heavy atom. The maximum Gasteiger partial charge on any atom is 0.0936 e. The number of aliphatic hydroxyl groups excluding tert-OH is 2. The predicted octanol–water partition coefficient (Wildman–Crippen LogP) is 0.260. The molecule has 1 heterocycles. The zero-order chi connectivity index (χ0) is 14.5. The molecule has 0 amide bonds. The van der Waals surface area contributed by atoms with Crippen LogP contribution in [0.15, 0.2) is 24.3 Å². The van der Waals surface area contributed by atoms with Crippen LogP contribution in [0.25, 0.3) is 0 Å². The lowest BCUT2D eigenvalue weighted by Gasteiger charge is -2.37. The summed E-state index contributed by atoms with van der Waals surface area (Å²) in [6.45, 7) is 4.48. The summed E-state index contributed by atoms with van der Waals surface area (Å²) in [5.74, 6) is 0. The Hall–Kier alpha value is -0.980. The fourth-order valence-electron chi connectivity index (χ4n) is 2.62. The van der Waals surface area contributed by atoms with Crippen LogP contribution in [0.3, 0.4) is 0 Å². The van der Waals surface area contributed by atoms with E-state index in [1.54, 1.807) is 0 Å². The van der Waals surface area contributed by atoms with Crippen molar-refractivity contribution >= 4 is 0 Å². The number of rotatable bonds is 5. The molecule has 5 nitrogen and oxygen atoms in total. The van der Waals surface area contributed by atoms with E-state index in [2.05, 4.69) is 4.90 Å². The SMILES string of the molecule is CC1CN(CC(O)c2ccc(CN)cc2)CC(CO)O1. The molecule has 3 atom stereocenters. The minimum Gasteiger partial charge on any atom is -0.394 e. The first-order valence-electron chi connectivity index (χ1n) is 7.08. The monoisotopic (exact) mass is 280 g/mol. The van der Waals surface area contributed by atoms with Crippen LogP contribution in [0.4, 0.5) is 0 Å². The second kappa shape index (κ2) is 7.15. The van der Waals surface area contributed by atoms with Gasteiger partial charge < -0.3 is 20.7 Å². The lowest BCUT2D eigenvalue weighted by atomic mass is 10.1. The first-order valence-corrected chi connectivity index (χ1v) is 7.08. The zero-order valence-corrected chi connectivity index (χ0v) is 11.9. The molecule has 112 valence electrons. The molecule has 1 saturated heterocycles. The molecule has 0 saturated carbocycles. The van der Waals surface area contributed by atoms with Crippen molar-refractivity contribution in [2.45, 2.75) is 31.8 Å². The van der Waals surface area contributed by atoms with Crippen molar-refractivity contribution < 1.29 is 14.9 Å². The standard InChI is InChI=1S/C15H24N2O3/c1-11-7-17(8-14(10-18)20-11)9-15(19)13-4-2-12(6-16)3-5-13/h2-5,11,14-15,18-19H,6-10,16H2,1H3. The van der Waals surface area contributed by atoms with Crippen LogP contribution >= 0.6 is 0 Å². The van der Waals surface area contributed by atoms with E-state index in [-0.39, 0.29) is 18.8 Å². The highest BCUT2D eigenvalue weighted by Crippen LogP contribution is 2.18. The van der Waals surface area contributed by atoms with E-state index in [1.807, 2.05) is 31.2 Å². The van der Waals surface area contributed by atoms with Crippen molar-refractivity contribution in [3.05, 3.63) is 35.4 Å². The van der Waals surface area contributed by atoms with Gasteiger partial charge in [-0.05, 0) is 18.1 Å². The third kappa shape index (κ3) is 4.01. The maximum atomic E-state index is 10.3. The van der Waals surface area contributed by atoms with Gasteiger partial charge in [-0.1, -0.05) is 24.3 Å². The molecule has 0 aliphatic carbocycles. The van der Waals surface area contributed by atoms with E-state index >= 15 is 0 Å². The summed E-state index contributed by atoms with van der Waals surface area (Å²) >= 11 is 0. The van der Waals surface area contributed by atoms with Crippen LogP contribution in [0.1, 0.15) is 24.2 Å². The van der Waals surface area contributed by atoms with Crippen LogP contribution in [0, 0.1) is 0 Å². The largest absolute Gasteiger partial charge is 0.394 e. The van der Waals surface area contributed by atoms with Gasteiger partial charge in [0.15, 0.2) is 0 Å². The van der Waals surface area contributed by atoms with Crippen molar-refractivity contribution in [2.75, 3.05) is 26.2 Å². The maximum absolute atomic E-state index is 10.3. The molecule has 1 fully saturated rings.